The lowest BCUT2D eigenvalue weighted by Gasteiger charge is -2.04. The lowest BCUT2D eigenvalue weighted by molar-refractivity contribution is 0.0954. The predicted octanol–water partition coefficient (Wildman–Crippen LogP) is 3.08. The first kappa shape index (κ1) is 13.1. The third-order valence-electron chi connectivity index (χ3n) is 2.42. The summed E-state index contributed by atoms with van der Waals surface area (Å²) in [6, 6.07) is 6.91. The fraction of sp³-hybridized carbons (Fsp3) is 0.231. The molecule has 0 radical (unpaired) electrons. The molecule has 18 heavy (non-hydrogen) atoms. The van der Waals surface area contributed by atoms with Crippen molar-refractivity contribution in [2.45, 2.75) is 13.3 Å². The van der Waals surface area contributed by atoms with Crippen LogP contribution in [-0.4, -0.2) is 17.4 Å². The van der Waals surface area contributed by atoms with Crippen molar-refractivity contribution < 1.29 is 4.79 Å². The zero-order valence-electron chi connectivity index (χ0n) is 9.94. The van der Waals surface area contributed by atoms with Gasteiger partial charge in [0.05, 0.1) is 10.7 Å². The molecule has 0 aliphatic heterocycles. The maximum Gasteiger partial charge on any atom is 0.251 e. The van der Waals surface area contributed by atoms with E-state index in [-0.39, 0.29) is 5.91 Å². The first-order valence-corrected chi connectivity index (χ1v) is 6.85. The van der Waals surface area contributed by atoms with Crippen molar-refractivity contribution in [3.63, 3.8) is 0 Å². The summed E-state index contributed by atoms with van der Waals surface area (Å²) >= 11 is 7.45. The Labute approximate surface area is 115 Å². The van der Waals surface area contributed by atoms with E-state index in [1.165, 1.54) is 0 Å². The molecule has 1 aromatic carbocycles. The summed E-state index contributed by atoms with van der Waals surface area (Å²) in [5, 5.41) is 6.48. The van der Waals surface area contributed by atoms with Gasteiger partial charge in [0.1, 0.15) is 0 Å². The van der Waals surface area contributed by atoms with Gasteiger partial charge in [0.15, 0.2) is 0 Å². The summed E-state index contributed by atoms with van der Waals surface area (Å²) in [5.74, 6) is -0.107. The molecule has 0 fully saturated rings. The van der Waals surface area contributed by atoms with Gasteiger partial charge in [-0.3, -0.25) is 4.79 Å². The number of nitrogens with zero attached hydrogens (tertiary/aromatic N) is 1. The first-order valence-electron chi connectivity index (χ1n) is 5.60. The van der Waals surface area contributed by atoms with Crippen LogP contribution >= 0.6 is 22.9 Å². The third kappa shape index (κ3) is 3.55. The molecular weight excluding hydrogens is 268 g/mol. The van der Waals surface area contributed by atoms with Gasteiger partial charge in [-0.15, -0.1) is 11.3 Å². The summed E-state index contributed by atoms with van der Waals surface area (Å²) in [5.41, 5.74) is 1.60. The van der Waals surface area contributed by atoms with E-state index in [0.29, 0.717) is 17.1 Å². The third-order valence-corrected chi connectivity index (χ3v) is 3.48. The van der Waals surface area contributed by atoms with Crippen LogP contribution in [0.3, 0.4) is 0 Å². The molecule has 0 saturated carbocycles. The van der Waals surface area contributed by atoms with Gasteiger partial charge in [-0.25, -0.2) is 4.98 Å². The maximum atomic E-state index is 11.8. The predicted molar refractivity (Wildman–Crippen MR) is 74.3 cm³/mol. The van der Waals surface area contributed by atoms with Crippen molar-refractivity contribution in [1.82, 2.24) is 10.3 Å². The number of hydrogen-bond donors (Lipinski definition) is 1. The molecule has 0 saturated heterocycles. The molecule has 0 unspecified atom stereocenters. The van der Waals surface area contributed by atoms with E-state index in [1.807, 2.05) is 12.3 Å². The van der Waals surface area contributed by atoms with E-state index < -0.39 is 0 Å². The summed E-state index contributed by atoms with van der Waals surface area (Å²) in [4.78, 5) is 16.1. The Balaban J connectivity index is 1.85. The zero-order valence-corrected chi connectivity index (χ0v) is 11.5. The van der Waals surface area contributed by atoms with E-state index in [1.54, 1.807) is 35.6 Å². The van der Waals surface area contributed by atoms with Crippen LogP contribution in [0.5, 0.6) is 0 Å². The van der Waals surface area contributed by atoms with Gasteiger partial charge in [-0.2, -0.15) is 0 Å². The van der Waals surface area contributed by atoms with Gasteiger partial charge in [0, 0.05) is 28.9 Å². The van der Waals surface area contributed by atoms with Crippen LogP contribution in [0.15, 0.2) is 29.6 Å². The number of hydrogen-bond acceptors (Lipinski definition) is 3. The summed E-state index contributed by atoms with van der Waals surface area (Å²) in [7, 11) is 0. The minimum Gasteiger partial charge on any atom is -0.352 e. The summed E-state index contributed by atoms with van der Waals surface area (Å²) in [6.07, 6.45) is 0.747. The van der Waals surface area contributed by atoms with E-state index >= 15 is 0 Å². The number of amides is 1. The van der Waals surface area contributed by atoms with Crippen LogP contribution in [0.25, 0.3) is 0 Å². The SMILES string of the molecule is Cc1nc(CCNC(=O)c2cccc(Cl)c2)cs1. The Morgan fingerprint density at radius 3 is 3.00 bits per heavy atom. The van der Waals surface area contributed by atoms with Crippen LogP contribution in [0.2, 0.25) is 5.02 Å². The average Bonchev–Trinajstić information content (AvgIpc) is 2.75. The largest absolute Gasteiger partial charge is 0.352 e. The molecule has 0 bridgehead atoms. The number of carbonyl (C=O) groups excluding carboxylic acids is 1. The highest BCUT2D eigenvalue weighted by molar-refractivity contribution is 7.09. The standard InChI is InChI=1S/C13H13ClN2OS/c1-9-16-12(8-18-9)5-6-15-13(17)10-3-2-4-11(14)7-10/h2-4,7-8H,5-6H2,1H3,(H,15,17). The monoisotopic (exact) mass is 280 g/mol. The van der Waals surface area contributed by atoms with Crippen molar-refractivity contribution in [1.29, 1.82) is 0 Å². The molecule has 1 N–H and O–H groups in total. The lowest BCUT2D eigenvalue weighted by Crippen LogP contribution is -2.25. The normalized spacial score (nSPS) is 10.3. The molecule has 0 aliphatic rings. The van der Waals surface area contributed by atoms with Gasteiger partial charge in [-0.1, -0.05) is 17.7 Å². The molecule has 0 aliphatic carbocycles. The fourth-order valence-corrected chi connectivity index (χ4v) is 2.40. The average molecular weight is 281 g/mol. The second-order valence-electron chi connectivity index (χ2n) is 3.87. The highest BCUT2D eigenvalue weighted by Crippen LogP contribution is 2.11. The number of benzene rings is 1. The highest BCUT2D eigenvalue weighted by atomic mass is 35.5. The Hall–Kier alpha value is -1.39. The maximum absolute atomic E-state index is 11.8. The number of aryl methyl sites for hydroxylation is 1. The van der Waals surface area contributed by atoms with Crippen molar-refractivity contribution in [2.24, 2.45) is 0 Å². The number of halogens is 1. The molecular formula is C13H13ClN2OS. The second-order valence-corrected chi connectivity index (χ2v) is 5.37. The molecule has 0 atom stereocenters. The molecule has 1 aromatic heterocycles. The molecule has 2 aromatic rings. The van der Waals surface area contributed by atoms with Crippen LogP contribution in [0.1, 0.15) is 21.1 Å². The van der Waals surface area contributed by atoms with E-state index in [2.05, 4.69) is 10.3 Å². The van der Waals surface area contributed by atoms with Crippen LogP contribution in [-0.2, 0) is 6.42 Å². The van der Waals surface area contributed by atoms with Crippen molar-refractivity contribution >= 4 is 28.8 Å². The molecule has 2 rings (SSSR count). The number of thiazole rings is 1. The number of rotatable bonds is 4. The number of aromatic nitrogens is 1. The van der Waals surface area contributed by atoms with Gasteiger partial charge >= 0.3 is 0 Å². The van der Waals surface area contributed by atoms with Crippen molar-refractivity contribution in [2.75, 3.05) is 6.54 Å². The van der Waals surface area contributed by atoms with E-state index in [0.717, 1.165) is 17.1 Å². The van der Waals surface area contributed by atoms with Crippen LogP contribution in [0, 0.1) is 6.92 Å². The van der Waals surface area contributed by atoms with E-state index in [9.17, 15) is 4.79 Å². The topological polar surface area (TPSA) is 42.0 Å². The summed E-state index contributed by atoms with van der Waals surface area (Å²) in [6.45, 7) is 2.55. The number of carbonyl (C=O) groups is 1. The van der Waals surface area contributed by atoms with Gasteiger partial charge in [0.2, 0.25) is 0 Å². The van der Waals surface area contributed by atoms with Crippen molar-refractivity contribution in [3.05, 3.63) is 50.9 Å². The first-order chi connectivity index (χ1) is 8.65. The fourth-order valence-electron chi connectivity index (χ4n) is 1.56. The van der Waals surface area contributed by atoms with Gasteiger partial charge < -0.3 is 5.32 Å². The number of nitrogens with one attached hydrogen (secondary N) is 1. The quantitative estimate of drug-likeness (QED) is 0.935. The molecule has 1 amide bonds. The Morgan fingerprint density at radius 1 is 1.50 bits per heavy atom. The molecule has 0 spiro atoms. The van der Waals surface area contributed by atoms with E-state index in [4.69, 9.17) is 11.6 Å². The van der Waals surface area contributed by atoms with Gasteiger partial charge in [0.25, 0.3) is 5.91 Å². The smallest absolute Gasteiger partial charge is 0.251 e. The van der Waals surface area contributed by atoms with Crippen LogP contribution < -0.4 is 5.32 Å². The van der Waals surface area contributed by atoms with Crippen molar-refractivity contribution in [3.8, 4) is 0 Å². The minimum absolute atomic E-state index is 0.107. The van der Waals surface area contributed by atoms with Gasteiger partial charge in [-0.05, 0) is 25.1 Å². The van der Waals surface area contributed by atoms with Crippen LogP contribution in [0.4, 0.5) is 0 Å². The lowest BCUT2D eigenvalue weighted by atomic mass is 10.2. The molecule has 94 valence electrons. The Bertz CT molecular complexity index is 553. The zero-order chi connectivity index (χ0) is 13.0. The highest BCUT2D eigenvalue weighted by Gasteiger charge is 2.05. The second kappa shape index (κ2) is 5.98. The molecule has 1 heterocycles. The Morgan fingerprint density at radius 2 is 2.33 bits per heavy atom. The Kier molecular flexibility index (Phi) is 4.33. The summed E-state index contributed by atoms with van der Waals surface area (Å²) < 4.78 is 0. The molecule has 3 nitrogen and oxygen atoms in total. The molecule has 5 heteroatoms. The minimum atomic E-state index is -0.107.